The van der Waals surface area contributed by atoms with Crippen LogP contribution in [0.1, 0.15) is 61.6 Å². The molecule has 0 aromatic carbocycles. The normalized spacial score (nSPS) is 18.9. The highest BCUT2D eigenvalue weighted by atomic mass is 16.5. The Balaban J connectivity index is 1.55. The number of aromatic nitrogens is 4. The predicted molar refractivity (Wildman–Crippen MR) is 90.7 cm³/mol. The SMILES string of the molecule is Cc1ccn2cc(CN3CCCC3c3nc(C(C)C)no3)nc2c1. The lowest BCUT2D eigenvalue weighted by Gasteiger charge is -2.20. The highest BCUT2D eigenvalue weighted by Gasteiger charge is 2.31. The fraction of sp³-hybridized carbons (Fsp3) is 0.500. The number of hydrogen-bond donors (Lipinski definition) is 0. The van der Waals surface area contributed by atoms with Crippen molar-refractivity contribution in [3.8, 4) is 0 Å². The van der Waals surface area contributed by atoms with Crippen LogP contribution in [-0.2, 0) is 6.54 Å². The van der Waals surface area contributed by atoms with Crippen LogP contribution in [0.25, 0.3) is 5.65 Å². The third-order valence-corrected chi connectivity index (χ3v) is 4.65. The van der Waals surface area contributed by atoms with Crippen molar-refractivity contribution in [1.82, 2.24) is 24.4 Å². The van der Waals surface area contributed by atoms with Crippen molar-refractivity contribution in [2.45, 2.75) is 52.1 Å². The third-order valence-electron chi connectivity index (χ3n) is 4.65. The fourth-order valence-electron chi connectivity index (χ4n) is 3.33. The van der Waals surface area contributed by atoms with Crippen LogP contribution in [0.4, 0.5) is 0 Å². The zero-order chi connectivity index (χ0) is 16.7. The number of hydrogen-bond acceptors (Lipinski definition) is 5. The molecule has 4 rings (SSSR count). The van der Waals surface area contributed by atoms with Crippen LogP contribution in [0, 0.1) is 6.92 Å². The Morgan fingerprint density at radius 3 is 3.00 bits per heavy atom. The molecule has 3 aromatic rings. The molecular formula is C18H23N5O. The summed E-state index contributed by atoms with van der Waals surface area (Å²) < 4.78 is 7.60. The van der Waals surface area contributed by atoms with Crippen LogP contribution in [0.3, 0.4) is 0 Å². The van der Waals surface area contributed by atoms with E-state index < -0.39 is 0 Å². The Morgan fingerprint density at radius 2 is 2.21 bits per heavy atom. The number of imidazole rings is 1. The molecule has 1 aliphatic heterocycles. The molecule has 1 saturated heterocycles. The van der Waals surface area contributed by atoms with E-state index in [1.807, 2.05) is 0 Å². The number of aryl methyl sites for hydroxylation is 1. The molecule has 1 unspecified atom stereocenters. The lowest BCUT2D eigenvalue weighted by molar-refractivity contribution is 0.199. The minimum absolute atomic E-state index is 0.205. The summed E-state index contributed by atoms with van der Waals surface area (Å²) in [6.45, 7) is 8.11. The second-order valence-corrected chi connectivity index (χ2v) is 6.98. The second kappa shape index (κ2) is 6.02. The van der Waals surface area contributed by atoms with Gasteiger partial charge in [0.05, 0.1) is 11.7 Å². The summed E-state index contributed by atoms with van der Waals surface area (Å²) in [5.41, 5.74) is 3.31. The molecule has 1 atom stereocenters. The van der Waals surface area contributed by atoms with E-state index in [1.54, 1.807) is 0 Å². The van der Waals surface area contributed by atoms with Gasteiger partial charge in [0.1, 0.15) is 5.65 Å². The molecule has 4 heterocycles. The van der Waals surface area contributed by atoms with Crippen molar-refractivity contribution in [3.05, 3.63) is 47.5 Å². The van der Waals surface area contributed by atoms with E-state index in [9.17, 15) is 0 Å². The lowest BCUT2D eigenvalue weighted by Crippen LogP contribution is -2.23. The molecular weight excluding hydrogens is 302 g/mol. The van der Waals surface area contributed by atoms with E-state index in [1.165, 1.54) is 5.56 Å². The first-order valence-electron chi connectivity index (χ1n) is 8.62. The summed E-state index contributed by atoms with van der Waals surface area (Å²) >= 11 is 0. The van der Waals surface area contributed by atoms with Gasteiger partial charge in [0.25, 0.3) is 0 Å². The van der Waals surface area contributed by atoms with Gasteiger partial charge in [0, 0.05) is 24.9 Å². The van der Waals surface area contributed by atoms with Crippen molar-refractivity contribution in [3.63, 3.8) is 0 Å². The molecule has 0 bridgehead atoms. The summed E-state index contributed by atoms with van der Waals surface area (Å²) in [5, 5.41) is 4.11. The standard InChI is InChI=1S/C18H23N5O/c1-12(2)17-20-18(24-21-17)15-5-4-7-22(15)10-14-11-23-8-6-13(3)9-16(23)19-14/h6,8-9,11-12,15H,4-5,7,10H2,1-3H3. The first-order valence-corrected chi connectivity index (χ1v) is 8.62. The minimum atomic E-state index is 0.205. The van der Waals surface area contributed by atoms with Gasteiger partial charge in [-0.1, -0.05) is 19.0 Å². The maximum Gasteiger partial charge on any atom is 0.244 e. The zero-order valence-corrected chi connectivity index (χ0v) is 14.4. The van der Waals surface area contributed by atoms with Crippen LogP contribution < -0.4 is 0 Å². The van der Waals surface area contributed by atoms with Gasteiger partial charge in [-0.05, 0) is 44.0 Å². The highest BCUT2D eigenvalue weighted by molar-refractivity contribution is 5.42. The van der Waals surface area contributed by atoms with Crippen molar-refractivity contribution >= 4 is 5.65 Å². The first kappa shape index (κ1) is 15.3. The van der Waals surface area contributed by atoms with Gasteiger partial charge in [0.2, 0.25) is 5.89 Å². The second-order valence-electron chi connectivity index (χ2n) is 6.98. The Bertz CT molecular complexity index is 850. The Morgan fingerprint density at radius 1 is 1.33 bits per heavy atom. The average Bonchev–Trinajstić information content (AvgIpc) is 3.24. The van der Waals surface area contributed by atoms with Gasteiger partial charge in [-0.15, -0.1) is 0 Å². The largest absolute Gasteiger partial charge is 0.338 e. The van der Waals surface area contributed by atoms with E-state index >= 15 is 0 Å². The number of rotatable bonds is 4. The van der Waals surface area contributed by atoms with E-state index in [4.69, 9.17) is 9.51 Å². The molecule has 0 radical (unpaired) electrons. The van der Waals surface area contributed by atoms with Crippen molar-refractivity contribution < 1.29 is 4.52 Å². The van der Waals surface area contributed by atoms with E-state index in [0.29, 0.717) is 5.92 Å². The molecule has 3 aromatic heterocycles. The van der Waals surface area contributed by atoms with Gasteiger partial charge in [0.15, 0.2) is 5.82 Å². The summed E-state index contributed by atoms with van der Waals surface area (Å²) in [6, 6.07) is 4.41. The lowest BCUT2D eigenvalue weighted by atomic mass is 10.2. The Labute approximate surface area is 141 Å². The van der Waals surface area contributed by atoms with Gasteiger partial charge in [-0.25, -0.2) is 4.98 Å². The molecule has 6 nitrogen and oxygen atoms in total. The number of pyridine rings is 1. The van der Waals surface area contributed by atoms with Crippen LogP contribution in [0.5, 0.6) is 0 Å². The zero-order valence-electron chi connectivity index (χ0n) is 14.4. The highest BCUT2D eigenvalue weighted by Crippen LogP contribution is 2.32. The smallest absolute Gasteiger partial charge is 0.244 e. The van der Waals surface area contributed by atoms with Gasteiger partial charge in [-0.2, -0.15) is 4.98 Å². The summed E-state index contributed by atoms with van der Waals surface area (Å²) in [4.78, 5) is 11.7. The average molecular weight is 325 g/mol. The third kappa shape index (κ3) is 2.82. The van der Waals surface area contributed by atoms with Crippen molar-refractivity contribution in [2.24, 2.45) is 0 Å². The van der Waals surface area contributed by atoms with Crippen molar-refractivity contribution in [2.75, 3.05) is 6.54 Å². The molecule has 126 valence electrons. The molecule has 0 N–H and O–H groups in total. The van der Waals surface area contributed by atoms with Crippen LogP contribution in [-0.4, -0.2) is 31.0 Å². The van der Waals surface area contributed by atoms with Crippen LogP contribution in [0.15, 0.2) is 29.0 Å². The van der Waals surface area contributed by atoms with Crippen LogP contribution in [0.2, 0.25) is 0 Å². The summed E-state index contributed by atoms with van der Waals surface area (Å²) in [6.07, 6.45) is 6.38. The molecule has 0 spiro atoms. The number of likely N-dealkylation sites (tertiary alicyclic amines) is 1. The maximum absolute atomic E-state index is 5.52. The quantitative estimate of drug-likeness (QED) is 0.735. The maximum atomic E-state index is 5.52. The van der Waals surface area contributed by atoms with Gasteiger partial charge >= 0.3 is 0 Å². The number of nitrogens with zero attached hydrogens (tertiary/aromatic N) is 5. The number of fused-ring (bicyclic) bond motifs is 1. The molecule has 6 heteroatoms. The topological polar surface area (TPSA) is 59.5 Å². The van der Waals surface area contributed by atoms with Crippen molar-refractivity contribution in [1.29, 1.82) is 0 Å². The Kier molecular flexibility index (Phi) is 3.84. The van der Waals surface area contributed by atoms with Gasteiger partial charge in [-0.3, -0.25) is 4.90 Å². The Hall–Kier alpha value is -2.21. The fourth-order valence-corrected chi connectivity index (χ4v) is 3.33. The molecule has 1 aliphatic rings. The van der Waals surface area contributed by atoms with E-state index in [0.717, 1.165) is 49.0 Å². The molecule has 0 saturated carbocycles. The minimum Gasteiger partial charge on any atom is -0.338 e. The molecule has 0 aliphatic carbocycles. The van der Waals surface area contributed by atoms with E-state index in [2.05, 4.69) is 64.7 Å². The van der Waals surface area contributed by atoms with Gasteiger partial charge < -0.3 is 8.92 Å². The van der Waals surface area contributed by atoms with E-state index in [-0.39, 0.29) is 6.04 Å². The van der Waals surface area contributed by atoms with Crippen LogP contribution >= 0.6 is 0 Å². The molecule has 0 amide bonds. The monoisotopic (exact) mass is 325 g/mol. The summed E-state index contributed by atoms with van der Waals surface area (Å²) in [5.74, 6) is 1.83. The summed E-state index contributed by atoms with van der Waals surface area (Å²) in [7, 11) is 0. The first-order chi connectivity index (χ1) is 11.6. The molecule has 24 heavy (non-hydrogen) atoms. The molecule has 1 fully saturated rings. The predicted octanol–water partition coefficient (Wildman–Crippen LogP) is 3.49.